The van der Waals surface area contributed by atoms with Gasteiger partial charge in [-0.25, -0.2) is 0 Å². The Morgan fingerprint density at radius 2 is 2.10 bits per heavy atom. The molecule has 2 aliphatic rings. The van der Waals surface area contributed by atoms with Crippen molar-refractivity contribution >= 4 is 41.7 Å². The molecule has 0 spiro atoms. The van der Waals surface area contributed by atoms with E-state index in [0.717, 1.165) is 0 Å². The number of nitrogens with zero attached hydrogens (tertiary/aromatic N) is 1. The number of halogens is 2. The zero-order valence-electron chi connectivity index (χ0n) is 10.4. The van der Waals surface area contributed by atoms with Gasteiger partial charge in [-0.2, -0.15) is 0 Å². The van der Waals surface area contributed by atoms with Crippen molar-refractivity contribution in [2.75, 3.05) is 6.54 Å². The molecule has 1 aromatic carbocycles. The molecular formula is C13H13Cl2NO3S. The Labute approximate surface area is 131 Å². The van der Waals surface area contributed by atoms with Gasteiger partial charge in [-0.1, -0.05) is 23.2 Å². The number of amides is 1. The zero-order valence-corrected chi connectivity index (χ0v) is 12.8. The Bertz CT molecular complexity index is 593. The molecule has 0 saturated carbocycles. The number of rotatable bonds is 1. The van der Waals surface area contributed by atoms with Gasteiger partial charge in [0.25, 0.3) is 5.91 Å². The highest BCUT2D eigenvalue weighted by Gasteiger charge is 2.52. The summed E-state index contributed by atoms with van der Waals surface area (Å²) < 4.78 is 0. The number of aliphatic hydroxyl groups is 1. The van der Waals surface area contributed by atoms with Crippen LogP contribution in [0.15, 0.2) is 12.1 Å². The second kappa shape index (κ2) is 4.70. The maximum absolute atomic E-state index is 12.0. The van der Waals surface area contributed by atoms with Crippen molar-refractivity contribution in [2.24, 2.45) is 0 Å². The Kier molecular flexibility index (Phi) is 3.36. The third-order valence-electron chi connectivity index (χ3n) is 4.06. The van der Waals surface area contributed by atoms with Crippen LogP contribution in [0.25, 0.3) is 0 Å². The minimum atomic E-state index is -1.57. The van der Waals surface area contributed by atoms with Crippen LogP contribution in [0.3, 0.4) is 0 Å². The molecule has 1 amide bonds. The average Bonchev–Trinajstić information content (AvgIpc) is 2.84. The monoisotopic (exact) mass is 333 g/mol. The van der Waals surface area contributed by atoms with E-state index in [1.807, 2.05) is 0 Å². The lowest BCUT2D eigenvalue weighted by Crippen LogP contribution is -2.36. The molecule has 3 rings (SSSR count). The average molecular weight is 334 g/mol. The van der Waals surface area contributed by atoms with E-state index in [9.17, 15) is 15.0 Å². The molecule has 2 aliphatic heterocycles. The number of thiol groups is 1. The number of benzene rings is 1. The van der Waals surface area contributed by atoms with Gasteiger partial charge in [-0.3, -0.25) is 4.79 Å². The third kappa shape index (κ3) is 2.08. The number of carbonyl (C=O) groups excluding carboxylic acids is 1. The number of hydrogen-bond donors (Lipinski definition) is 3. The van der Waals surface area contributed by atoms with Crippen molar-refractivity contribution in [1.29, 1.82) is 0 Å². The molecule has 2 saturated heterocycles. The van der Waals surface area contributed by atoms with Gasteiger partial charge in [0.05, 0.1) is 10.0 Å². The van der Waals surface area contributed by atoms with E-state index in [-0.39, 0.29) is 30.0 Å². The first-order valence-electron chi connectivity index (χ1n) is 6.24. The second-order valence-corrected chi connectivity index (χ2v) is 6.88. The van der Waals surface area contributed by atoms with Crippen LogP contribution in [0, 0.1) is 0 Å². The van der Waals surface area contributed by atoms with Crippen LogP contribution in [0.5, 0.6) is 5.75 Å². The lowest BCUT2D eigenvalue weighted by atomic mass is 9.93. The highest BCUT2D eigenvalue weighted by Crippen LogP contribution is 2.47. The molecule has 1 aromatic rings. The molecule has 0 aliphatic carbocycles. The molecule has 7 heteroatoms. The smallest absolute Gasteiger partial charge is 0.265 e. The molecule has 2 fully saturated rings. The molecular weight excluding hydrogens is 321 g/mol. The summed E-state index contributed by atoms with van der Waals surface area (Å²) >= 11 is 16.1. The van der Waals surface area contributed by atoms with Crippen LogP contribution < -0.4 is 0 Å². The van der Waals surface area contributed by atoms with Gasteiger partial charge in [0.2, 0.25) is 0 Å². The first kappa shape index (κ1) is 14.3. The van der Waals surface area contributed by atoms with E-state index in [1.165, 1.54) is 12.1 Å². The molecule has 2 heterocycles. The third-order valence-corrected chi connectivity index (χ3v) is 5.25. The van der Waals surface area contributed by atoms with Gasteiger partial charge in [0.1, 0.15) is 5.75 Å². The van der Waals surface area contributed by atoms with Crippen molar-refractivity contribution in [1.82, 2.24) is 4.90 Å². The van der Waals surface area contributed by atoms with Crippen LogP contribution in [-0.4, -0.2) is 38.5 Å². The minimum Gasteiger partial charge on any atom is -0.508 e. The Balaban J connectivity index is 1.91. The van der Waals surface area contributed by atoms with Crippen LogP contribution in [0.4, 0.5) is 0 Å². The zero-order chi connectivity index (χ0) is 14.7. The van der Waals surface area contributed by atoms with E-state index in [4.69, 9.17) is 23.2 Å². The van der Waals surface area contributed by atoms with E-state index >= 15 is 0 Å². The molecule has 2 N–H and O–H groups in total. The molecule has 0 bridgehead atoms. The topological polar surface area (TPSA) is 60.8 Å². The first-order chi connectivity index (χ1) is 9.31. The maximum Gasteiger partial charge on any atom is 0.265 e. The Hall–Kier alpha value is -0.620. The van der Waals surface area contributed by atoms with Crippen molar-refractivity contribution in [3.8, 4) is 5.75 Å². The summed E-state index contributed by atoms with van der Waals surface area (Å²) in [5.41, 5.74) is 0.573. The molecule has 1 unspecified atom stereocenters. The van der Waals surface area contributed by atoms with E-state index in [0.29, 0.717) is 28.6 Å². The summed E-state index contributed by atoms with van der Waals surface area (Å²) in [6, 6.07) is 2.96. The fourth-order valence-electron chi connectivity index (χ4n) is 3.16. The number of aromatic hydroxyl groups is 1. The Morgan fingerprint density at radius 3 is 2.75 bits per heavy atom. The van der Waals surface area contributed by atoms with Gasteiger partial charge in [-0.15, -0.1) is 12.6 Å². The number of fused-ring (bicyclic) bond motifs is 1. The van der Waals surface area contributed by atoms with Crippen LogP contribution in [0.2, 0.25) is 10.0 Å². The summed E-state index contributed by atoms with van der Waals surface area (Å²) in [4.78, 5) is 12.0. The Morgan fingerprint density at radius 1 is 1.40 bits per heavy atom. The second-order valence-electron chi connectivity index (χ2n) is 5.36. The minimum absolute atomic E-state index is 0.0792. The van der Waals surface area contributed by atoms with Crippen LogP contribution in [-0.2, 0) is 4.79 Å². The van der Waals surface area contributed by atoms with Crippen molar-refractivity contribution in [2.45, 2.75) is 29.7 Å². The van der Waals surface area contributed by atoms with Gasteiger partial charge < -0.3 is 15.1 Å². The van der Waals surface area contributed by atoms with Crippen LogP contribution in [0.1, 0.15) is 24.3 Å². The van der Waals surface area contributed by atoms with E-state index < -0.39 is 4.93 Å². The summed E-state index contributed by atoms with van der Waals surface area (Å²) in [6.07, 6.45) is 0.909. The molecule has 0 radical (unpaired) electrons. The SMILES string of the molecule is O=C1N2C[C@@H](c3c(O)ccc(Cl)c3Cl)C[C@H]2CC1(O)S. The molecule has 20 heavy (non-hydrogen) atoms. The summed E-state index contributed by atoms with van der Waals surface area (Å²) in [7, 11) is 0. The van der Waals surface area contributed by atoms with Gasteiger partial charge in [0.15, 0.2) is 4.93 Å². The summed E-state index contributed by atoms with van der Waals surface area (Å²) in [5, 5.41) is 20.6. The normalized spacial score (nSPS) is 32.8. The lowest BCUT2D eigenvalue weighted by Gasteiger charge is -2.19. The summed E-state index contributed by atoms with van der Waals surface area (Å²) in [5.74, 6) is -0.385. The largest absolute Gasteiger partial charge is 0.508 e. The number of hydrogen-bond acceptors (Lipinski definition) is 4. The molecule has 4 nitrogen and oxygen atoms in total. The standard InChI is InChI=1S/C13H13Cl2NO3S/c14-8-1-2-9(17)10(11(8)15)6-3-7-4-13(19,20)12(18)16(7)5-6/h1-2,6-7,17,19-20H,3-5H2/t6-,7-,13?/m0/s1. The molecule has 108 valence electrons. The number of phenols is 1. The van der Waals surface area contributed by atoms with Crippen molar-refractivity contribution in [3.05, 3.63) is 27.7 Å². The van der Waals surface area contributed by atoms with E-state index in [1.54, 1.807) is 4.90 Å². The predicted molar refractivity (Wildman–Crippen MR) is 79.5 cm³/mol. The molecule has 0 aromatic heterocycles. The fourth-order valence-corrected chi connectivity index (χ4v) is 3.98. The van der Waals surface area contributed by atoms with Crippen molar-refractivity contribution < 1.29 is 15.0 Å². The highest BCUT2D eigenvalue weighted by atomic mass is 35.5. The number of phenolic OH excluding ortho intramolecular Hbond substituents is 1. The van der Waals surface area contributed by atoms with Crippen molar-refractivity contribution in [3.63, 3.8) is 0 Å². The maximum atomic E-state index is 12.0. The quantitative estimate of drug-likeness (QED) is 0.546. The van der Waals surface area contributed by atoms with Gasteiger partial charge >= 0.3 is 0 Å². The van der Waals surface area contributed by atoms with Gasteiger partial charge in [-0.05, 0) is 18.6 Å². The highest BCUT2D eigenvalue weighted by molar-refractivity contribution is 7.82. The van der Waals surface area contributed by atoms with Crippen LogP contribution >= 0.6 is 35.8 Å². The van der Waals surface area contributed by atoms with Gasteiger partial charge in [0, 0.05) is 30.5 Å². The fraction of sp³-hybridized carbons (Fsp3) is 0.462. The molecule has 3 atom stereocenters. The number of carbonyl (C=O) groups is 1. The summed E-state index contributed by atoms with van der Waals surface area (Å²) in [6.45, 7) is 0.403. The first-order valence-corrected chi connectivity index (χ1v) is 7.44. The predicted octanol–water partition coefficient (Wildman–Crippen LogP) is 2.41. The lowest BCUT2D eigenvalue weighted by molar-refractivity contribution is -0.136. The van der Waals surface area contributed by atoms with E-state index in [2.05, 4.69) is 12.6 Å².